The smallest absolute Gasteiger partial charge is 0.333 e. The summed E-state index contributed by atoms with van der Waals surface area (Å²) in [4.78, 5) is 20.8. The Morgan fingerprint density at radius 2 is 1.10 bits per heavy atom. The van der Waals surface area contributed by atoms with E-state index in [0.717, 1.165) is 7.11 Å². The zero-order valence-electron chi connectivity index (χ0n) is 19.8. The van der Waals surface area contributed by atoms with Crippen LogP contribution in [0.2, 0.25) is 0 Å². The minimum Gasteiger partial charge on any atom is -0.481 e. The van der Waals surface area contributed by atoms with Crippen LogP contribution < -0.4 is 9.47 Å². The van der Waals surface area contributed by atoms with Gasteiger partial charge in [-0.1, -0.05) is 26.7 Å². The van der Waals surface area contributed by atoms with Crippen molar-refractivity contribution < 1.29 is 54.1 Å². The summed E-state index contributed by atoms with van der Waals surface area (Å²) in [6.45, 7) is -1.43. The van der Waals surface area contributed by atoms with Gasteiger partial charge in [-0.2, -0.15) is 16.8 Å². The lowest BCUT2D eigenvalue weighted by atomic mass is 10.3. The highest BCUT2D eigenvalue weighted by Crippen LogP contribution is 2.18. The molecule has 0 heterocycles. The van der Waals surface area contributed by atoms with Crippen molar-refractivity contribution >= 4 is 44.6 Å². The van der Waals surface area contributed by atoms with Crippen LogP contribution in [0.15, 0.2) is 58.3 Å². The molecule has 0 bridgehead atoms. The molecule has 15 heteroatoms. The number of terminal acetylenes is 2. The highest BCUT2D eigenvalue weighted by Gasteiger charge is 2.18. The van der Waals surface area contributed by atoms with E-state index in [4.69, 9.17) is 27.4 Å². The van der Waals surface area contributed by atoms with Gasteiger partial charge in [-0.15, -0.1) is 25.3 Å². The van der Waals surface area contributed by atoms with Crippen LogP contribution in [0.4, 0.5) is 0 Å². The predicted molar refractivity (Wildman–Crippen MR) is 148 cm³/mol. The SMILES string of the molecule is C.C.C#CCOc1ccc(S(=O)(=O)OCC(=O)O)cc1.C#CCOc1ccc(S(=O)(=O)OCC(=O)OC)cc1.Cl. The van der Waals surface area contributed by atoms with Gasteiger partial charge >= 0.3 is 11.9 Å². The van der Waals surface area contributed by atoms with E-state index in [9.17, 15) is 26.4 Å². The van der Waals surface area contributed by atoms with E-state index in [-0.39, 0.29) is 50.3 Å². The number of aliphatic carboxylic acids is 1. The summed E-state index contributed by atoms with van der Waals surface area (Å²) in [5.41, 5.74) is 0. The summed E-state index contributed by atoms with van der Waals surface area (Å²) in [5, 5.41) is 8.34. The van der Waals surface area contributed by atoms with Gasteiger partial charge < -0.3 is 19.3 Å². The Morgan fingerprint density at radius 3 is 1.40 bits per heavy atom. The fourth-order valence-corrected chi connectivity index (χ4v) is 3.82. The molecule has 0 saturated heterocycles. The highest BCUT2D eigenvalue weighted by molar-refractivity contribution is 7.87. The standard InChI is InChI=1S/C12H12O6S.C11H10O6S.2CH4.ClH/c1-3-8-17-10-4-6-11(7-5-10)19(14,15)18-9-12(13)16-2;1-2-7-16-9-3-5-10(6-4-9)18(14,15)17-8-11(12)13;;;/h1,4-7H,8-9H2,2H3;1,3-6H,7-8H2,(H,12,13);2*1H4;1H. The number of carboxylic acid groups (broad SMARTS) is 1. The number of carbonyl (C=O) groups is 2. The number of hydrogen-bond acceptors (Lipinski definition) is 11. The molecule has 2 rings (SSSR count). The second-order valence-corrected chi connectivity index (χ2v) is 9.56. The fraction of sp³-hybridized carbons (Fsp3) is 0.280. The van der Waals surface area contributed by atoms with E-state index in [2.05, 4.69) is 24.9 Å². The van der Waals surface area contributed by atoms with Crippen molar-refractivity contribution in [1.29, 1.82) is 0 Å². The lowest BCUT2D eigenvalue weighted by Gasteiger charge is -2.06. The summed E-state index contributed by atoms with van der Waals surface area (Å²) < 4.78 is 69.6. The number of carboxylic acids is 1. The Balaban J connectivity index is -0.000000637. The number of rotatable bonds is 12. The monoisotopic (exact) mass is 622 g/mol. The van der Waals surface area contributed by atoms with Crippen molar-refractivity contribution in [3.05, 3.63) is 48.5 Å². The van der Waals surface area contributed by atoms with E-state index < -0.39 is 45.4 Å². The molecule has 40 heavy (non-hydrogen) atoms. The molecule has 12 nitrogen and oxygen atoms in total. The van der Waals surface area contributed by atoms with Gasteiger partial charge in [0.1, 0.15) is 24.7 Å². The molecular weight excluding hydrogens is 592 g/mol. The summed E-state index contributed by atoms with van der Waals surface area (Å²) in [6.07, 6.45) is 10.0. The second kappa shape index (κ2) is 20.2. The van der Waals surface area contributed by atoms with Crippen LogP contribution in [0.5, 0.6) is 11.5 Å². The van der Waals surface area contributed by atoms with Gasteiger partial charge in [0.15, 0.2) is 13.2 Å². The molecule has 2 aromatic rings. The van der Waals surface area contributed by atoms with Gasteiger partial charge in [0.05, 0.1) is 16.9 Å². The van der Waals surface area contributed by atoms with Crippen LogP contribution in [0.25, 0.3) is 0 Å². The lowest BCUT2D eigenvalue weighted by Crippen LogP contribution is -2.15. The van der Waals surface area contributed by atoms with Crippen LogP contribution >= 0.6 is 12.4 Å². The lowest BCUT2D eigenvalue weighted by molar-refractivity contribution is -0.143. The zero-order chi connectivity index (χ0) is 27.9. The maximum absolute atomic E-state index is 11.7. The van der Waals surface area contributed by atoms with Crippen molar-refractivity contribution in [3.63, 3.8) is 0 Å². The van der Waals surface area contributed by atoms with Gasteiger partial charge in [-0.25, -0.2) is 9.59 Å². The molecule has 0 fully saturated rings. The van der Waals surface area contributed by atoms with Crippen molar-refractivity contribution in [2.75, 3.05) is 33.5 Å². The van der Waals surface area contributed by atoms with Crippen LogP contribution in [0.3, 0.4) is 0 Å². The maximum atomic E-state index is 11.7. The van der Waals surface area contributed by atoms with Gasteiger partial charge in [0, 0.05) is 0 Å². The molecule has 0 aliphatic rings. The highest BCUT2D eigenvalue weighted by atomic mass is 35.5. The van der Waals surface area contributed by atoms with Crippen molar-refractivity contribution in [1.82, 2.24) is 0 Å². The van der Waals surface area contributed by atoms with E-state index in [1.165, 1.54) is 48.5 Å². The van der Waals surface area contributed by atoms with E-state index in [1.807, 2.05) is 0 Å². The average molecular weight is 623 g/mol. The van der Waals surface area contributed by atoms with E-state index >= 15 is 0 Å². The zero-order valence-corrected chi connectivity index (χ0v) is 22.2. The molecule has 0 amide bonds. The van der Waals surface area contributed by atoms with Gasteiger partial charge in [0.2, 0.25) is 0 Å². The van der Waals surface area contributed by atoms with Crippen LogP contribution in [-0.4, -0.2) is 67.4 Å². The molecule has 0 aromatic heterocycles. The summed E-state index contributed by atoms with van der Waals surface area (Å²) >= 11 is 0. The van der Waals surface area contributed by atoms with Gasteiger partial charge in [-0.3, -0.25) is 8.37 Å². The third-order valence-electron chi connectivity index (χ3n) is 3.77. The molecule has 0 spiro atoms. The van der Waals surface area contributed by atoms with Crippen LogP contribution in [0.1, 0.15) is 14.9 Å². The first kappa shape index (κ1) is 40.7. The third kappa shape index (κ3) is 15.0. The number of halogens is 1. The molecule has 0 aliphatic carbocycles. The molecule has 222 valence electrons. The predicted octanol–water partition coefficient (Wildman–Crippen LogP) is 2.76. The van der Waals surface area contributed by atoms with Gasteiger partial charge in [-0.05, 0) is 48.5 Å². The first-order valence-corrected chi connectivity index (χ1v) is 12.7. The molecule has 0 saturated carbocycles. The molecule has 0 aliphatic heterocycles. The van der Waals surface area contributed by atoms with Gasteiger partial charge in [0.25, 0.3) is 20.2 Å². The summed E-state index contributed by atoms with van der Waals surface area (Å²) in [7, 11) is -6.93. The van der Waals surface area contributed by atoms with Crippen LogP contribution in [-0.2, 0) is 42.9 Å². The van der Waals surface area contributed by atoms with Crippen LogP contribution in [0, 0.1) is 24.7 Å². The number of ether oxygens (including phenoxy) is 3. The van der Waals surface area contributed by atoms with Crippen molar-refractivity contribution in [2.24, 2.45) is 0 Å². The molecule has 2 aromatic carbocycles. The molecule has 0 radical (unpaired) electrons. The number of carbonyl (C=O) groups excluding carboxylic acids is 1. The first-order valence-electron chi connectivity index (χ1n) is 9.85. The Hall–Kier alpha value is -3.79. The van der Waals surface area contributed by atoms with Crippen molar-refractivity contribution in [3.8, 4) is 36.2 Å². The Morgan fingerprint density at radius 1 is 0.750 bits per heavy atom. The Labute approximate surface area is 241 Å². The topological polar surface area (TPSA) is 169 Å². The first-order chi connectivity index (χ1) is 17.4. The minimum absolute atomic E-state index is 0. The summed E-state index contributed by atoms with van der Waals surface area (Å²) in [5.74, 6) is 3.24. The fourth-order valence-electron chi connectivity index (χ4n) is 2.10. The normalized spacial score (nSPS) is 9.78. The number of methoxy groups -OCH3 is 1. The van der Waals surface area contributed by atoms with E-state index in [0.29, 0.717) is 11.5 Å². The van der Waals surface area contributed by atoms with Crippen molar-refractivity contribution in [2.45, 2.75) is 24.6 Å². The second-order valence-electron chi connectivity index (χ2n) is 6.33. The average Bonchev–Trinajstić information content (AvgIpc) is 2.89. The molecule has 1 N–H and O–H groups in total. The molecular formula is C25H31ClO12S2. The maximum Gasteiger partial charge on any atom is 0.333 e. The third-order valence-corrected chi connectivity index (χ3v) is 6.32. The number of esters is 1. The molecule has 0 atom stereocenters. The summed E-state index contributed by atoms with van der Waals surface area (Å²) in [6, 6.07) is 10.7. The minimum atomic E-state index is -4.07. The Kier molecular flexibility index (Phi) is 20.5. The number of hydrogen-bond donors (Lipinski definition) is 1. The molecule has 0 unspecified atom stereocenters. The quantitative estimate of drug-likeness (QED) is 0.209. The van der Waals surface area contributed by atoms with E-state index in [1.54, 1.807) is 0 Å². The largest absolute Gasteiger partial charge is 0.481 e. The number of benzene rings is 2. The Bertz CT molecular complexity index is 1340.